The van der Waals surface area contributed by atoms with Crippen LogP contribution in [0.5, 0.6) is 5.75 Å². The maximum atomic E-state index is 12.7. The number of benzene rings is 1. The van der Waals surface area contributed by atoms with Crippen molar-refractivity contribution in [2.45, 2.75) is 17.7 Å². The molecule has 1 aromatic carbocycles. The summed E-state index contributed by atoms with van der Waals surface area (Å²) in [7, 11) is -3.70. The highest BCUT2D eigenvalue weighted by Gasteiger charge is 2.30. The topological polar surface area (TPSA) is 95.9 Å². The van der Waals surface area contributed by atoms with Crippen LogP contribution in [-0.4, -0.2) is 56.6 Å². The molecule has 0 saturated carbocycles. The highest BCUT2D eigenvalue weighted by Crippen LogP contribution is 2.31. The average molecular weight is 363 g/mol. The van der Waals surface area contributed by atoms with E-state index in [1.54, 1.807) is 0 Å². The van der Waals surface area contributed by atoms with Crippen molar-refractivity contribution in [3.05, 3.63) is 23.2 Å². The summed E-state index contributed by atoms with van der Waals surface area (Å²) in [5, 5.41) is 11.4. The molecule has 0 spiro atoms. The highest BCUT2D eigenvalue weighted by molar-refractivity contribution is 7.89. The molecule has 1 fully saturated rings. The largest absolute Gasteiger partial charge is 0.482 e. The van der Waals surface area contributed by atoms with Crippen LogP contribution >= 0.6 is 11.6 Å². The van der Waals surface area contributed by atoms with Crippen molar-refractivity contribution in [3.63, 3.8) is 0 Å². The molecule has 1 aromatic rings. The van der Waals surface area contributed by atoms with Crippen molar-refractivity contribution < 1.29 is 23.1 Å². The summed E-state index contributed by atoms with van der Waals surface area (Å²) >= 11 is 5.92. The number of amides is 1. The number of halogens is 1. The van der Waals surface area contributed by atoms with Gasteiger partial charge in [0.2, 0.25) is 10.0 Å². The van der Waals surface area contributed by atoms with Gasteiger partial charge >= 0.3 is 0 Å². The average Bonchev–Trinajstić information content (AvgIpc) is 3.06. The molecule has 1 aliphatic heterocycles. The Bertz CT molecular complexity index is 659. The van der Waals surface area contributed by atoms with Crippen molar-refractivity contribution in [1.82, 2.24) is 9.62 Å². The number of nitrogens with one attached hydrogen (secondary N) is 1. The van der Waals surface area contributed by atoms with E-state index in [2.05, 4.69) is 5.32 Å². The standard InChI is InChI=1S/C14H19ClN2O5S/c15-11-3-4-12(22-10-14(19)16-5-8-18)13(9-11)23(20,21)17-6-1-2-7-17/h3-4,9,18H,1-2,5-8,10H2,(H,16,19). The Morgan fingerprint density at radius 1 is 1.35 bits per heavy atom. The van der Waals surface area contributed by atoms with E-state index in [0.29, 0.717) is 13.1 Å². The maximum Gasteiger partial charge on any atom is 0.258 e. The van der Waals surface area contributed by atoms with E-state index in [9.17, 15) is 13.2 Å². The number of ether oxygens (including phenoxy) is 1. The first-order chi connectivity index (χ1) is 10.9. The van der Waals surface area contributed by atoms with Crippen LogP contribution in [0.15, 0.2) is 23.1 Å². The minimum absolute atomic E-state index is 0.0399. The lowest BCUT2D eigenvalue weighted by Crippen LogP contribution is -2.32. The molecule has 7 nitrogen and oxygen atoms in total. The van der Waals surface area contributed by atoms with E-state index < -0.39 is 15.9 Å². The molecule has 0 aliphatic carbocycles. The molecule has 9 heteroatoms. The second-order valence-corrected chi connectivity index (χ2v) is 7.41. The number of hydrogen-bond acceptors (Lipinski definition) is 5. The number of sulfonamides is 1. The quantitative estimate of drug-likeness (QED) is 0.741. The van der Waals surface area contributed by atoms with Crippen LogP contribution in [0.2, 0.25) is 5.02 Å². The molecule has 1 aliphatic rings. The molecule has 0 bridgehead atoms. The zero-order chi connectivity index (χ0) is 16.9. The van der Waals surface area contributed by atoms with Crippen LogP contribution in [0.1, 0.15) is 12.8 Å². The van der Waals surface area contributed by atoms with E-state index in [0.717, 1.165) is 12.8 Å². The number of carbonyl (C=O) groups excluding carboxylic acids is 1. The first-order valence-corrected chi connectivity index (χ1v) is 9.07. The van der Waals surface area contributed by atoms with Gasteiger partial charge in [-0.2, -0.15) is 4.31 Å². The summed E-state index contributed by atoms with van der Waals surface area (Å²) in [6.45, 7) is 0.518. The number of carbonyl (C=O) groups is 1. The predicted octanol–water partition coefficient (Wildman–Crippen LogP) is 0.612. The smallest absolute Gasteiger partial charge is 0.258 e. The van der Waals surface area contributed by atoms with E-state index >= 15 is 0 Å². The summed E-state index contributed by atoms with van der Waals surface area (Å²) in [5.74, 6) is -0.362. The van der Waals surface area contributed by atoms with E-state index in [-0.39, 0.29) is 35.4 Å². The number of hydrogen-bond donors (Lipinski definition) is 2. The van der Waals surface area contributed by atoms with E-state index in [1.807, 2.05) is 0 Å². The van der Waals surface area contributed by atoms with Gasteiger partial charge in [-0.05, 0) is 31.0 Å². The van der Waals surface area contributed by atoms with Crippen LogP contribution in [0.25, 0.3) is 0 Å². The second kappa shape index (κ2) is 7.96. The second-order valence-electron chi connectivity index (χ2n) is 5.06. The van der Waals surface area contributed by atoms with E-state index in [1.165, 1.54) is 22.5 Å². The van der Waals surface area contributed by atoms with Gasteiger partial charge in [-0.1, -0.05) is 11.6 Å². The highest BCUT2D eigenvalue weighted by atomic mass is 35.5. The lowest BCUT2D eigenvalue weighted by molar-refractivity contribution is -0.123. The Morgan fingerprint density at radius 2 is 2.04 bits per heavy atom. The third-order valence-corrected chi connectivity index (χ3v) is 5.54. The lowest BCUT2D eigenvalue weighted by Gasteiger charge is -2.18. The van der Waals surface area contributed by atoms with Crippen molar-refractivity contribution >= 4 is 27.5 Å². The maximum absolute atomic E-state index is 12.7. The molecular weight excluding hydrogens is 344 g/mol. The fraction of sp³-hybridized carbons (Fsp3) is 0.500. The van der Waals surface area contributed by atoms with Gasteiger partial charge in [-0.15, -0.1) is 0 Å². The fourth-order valence-corrected chi connectivity index (χ4v) is 4.17. The normalized spacial score (nSPS) is 15.6. The van der Waals surface area contributed by atoms with Gasteiger partial charge in [0.1, 0.15) is 10.6 Å². The van der Waals surface area contributed by atoms with Crippen LogP contribution in [-0.2, 0) is 14.8 Å². The number of nitrogens with zero attached hydrogens (tertiary/aromatic N) is 1. The van der Waals surface area contributed by atoms with Gasteiger partial charge in [0.05, 0.1) is 6.61 Å². The number of aliphatic hydroxyl groups is 1. The number of rotatable bonds is 7. The van der Waals surface area contributed by atoms with Crippen molar-refractivity contribution in [2.24, 2.45) is 0 Å². The predicted molar refractivity (Wildman–Crippen MR) is 85.0 cm³/mol. The van der Waals surface area contributed by atoms with Crippen LogP contribution in [0, 0.1) is 0 Å². The molecule has 2 rings (SSSR count). The zero-order valence-electron chi connectivity index (χ0n) is 12.5. The molecule has 1 heterocycles. The van der Waals surface area contributed by atoms with Gasteiger partial charge in [-0.3, -0.25) is 4.79 Å². The molecule has 1 amide bonds. The molecule has 0 aromatic heterocycles. The summed E-state index contributed by atoms with van der Waals surface area (Å²) in [5.41, 5.74) is 0. The molecule has 1 saturated heterocycles. The summed E-state index contributed by atoms with van der Waals surface area (Å²) in [4.78, 5) is 11.5. The van der Waals surface area contributed by atoms with Crippen LogP contribution in [0.3, 0.4) is 0 Å². The van der Waals surface area contributed by atoms with Gasteiger partial charge in [0.15, 0.2) is 6.61 Å². The minimum atomic E-state index is -3.70. The van der Waals surface area contributed by atoms with Gasteiger partial charge in [0, 0.05) is 24.7 Å². The third-order valence-electron chi connectivity index (χ3n) is 3.38. The van der Waals surface area contributed by atoms with Crippen LogP contribution in [0.4, 0.5) is 0 Å². The molecule has 128 valence electrons. The first-order valence-electron chi connectivity index (χ1n) is 7.25. The molecular formula is C14H19ClN2O5S. The Balaban J connectivity index is 2.19. The SMILES string of the molecule is O=C(COc1ccc(Cl)cc1S(=O)(=O)N1CCCC1)NCCO. The minimum Gasteiger partial charge on any atom is -0.482 e. The van der Waals surface area contributed by atoms with Crippen molar-refractivity contribution in [1.29, 1.82) is 0 Å². The number of aliphatic hydroxyl groups excluding tert-OH is 1. The summed E-state index contributed by atoms with van der Waals surface area (Å²) in [6, 6.07) is 4.27. The molecule has 0 radical (unpaired) electrons. The zero-order valence-corrected chi connectivity index (χ0v) is 14.1. The Morgan fingerprint density at radius 3 is 2.70 bits per heavy atom. The van der Waals surface area contributed by atoms with Crippen molar-refractivity contribution in [2.75, 3.05) is 32.8 Å². The Labute approximate surface area is 140 Å². The molecule has 2 N–H and O–H groups in total. The Hall–Kier alpha value is -1.35. The fourth-order valence-electron chi connectivity index (χ4n) is 2.26. The molecule has 0 unspecified atom stereocenters. The van der Waals surface area contributed by atoms with Gasteiger partial charge in [-0.25, -0.2) is 8.42 Å². The van der Waals surface area contributed by atoms with Gasteiger partial charge in [0.25, 0.3) is 5.91 Å². The van der Waals surface area contributed by atoms with Gasteiger partial charge < -0.3 is 15.2 Å². The summed E-state index contributed by atoms with van der Waals surface area (Å²) in [6.07, 6.45) is 1.64. The lowest BCUT2D eigenvalue weighted by atomic mass is 10.3. The van der Waals surface area contributed by atoms with Crippen molar-refractivity contribution in [3.8, 4) is 5.75 Å². The summed E-state index contributed by atoms with van der Waals surface area (Å²) < 4.78 is 32.1. The monoisotopic (exact) mass is 362 g/mol. The molecule has 23 heavy (non-hydrogen) atoms. The Kier molecular flexibility index (Phi) is 6.23. The third kappa shape index (κ3) is 4.57. The van der Waals surface area contributed by atoms with E-state index in [4.69, 9.17) is 21.4 Å². The van der Waals surface area contributed by atoms with Crippen LogP contribution < -0.4 is 10.1 Å². The molecule has 0 atom stereocenters. The first kappa shape index (κ1) is 18.0.